The van der Waals surface area contributed by atoms with Crippen LogP contribution in [0.15, 0.2) is 17.0 Å². The number of carboxylic acid groups (broad SMARTS) is 1. The van der Waals surface area contributed by atoms with Gasteiger partial charge in [0.15, 0.2) is 0 Å². The lowest BCUT2D eigenvalue weighted by molar-refractivity contribution is -0.143. The lowest BCUT2D eigenvalue weighted by Crippen LogP contribution is -2.45. The van der Waals surface area contributed by atoms with Crippen molar-refractivity contribution < 1.29 is 18.3 Å². The van der Waals surface area contributed by atoms with Crippen LogP contribution in [-0.4, -0.2) is 36.9 Å². The molecule has 1 fully saturated rings. The van der Waals surface area contributed by atoms with E-state index >= 15 is 0 Å². The second kappa shape index (κ2) is 6.35. The first-order chi connectivity index (χ1) is 10.1. The minimum Gasteiger partial charge on any atom is -0.481 e. The Balaban J connectivity index is 2.47. The predicted octanol–water partition coefficient (Wildman–Crippen LogP) is 3.03. The quantitative estimate of drug-likeness (QED) is 0.892. The number of aliphatic carboxylic acids is 1. The summed E-state index contributed by atoms with van der Waals surface area (Å²) in [5, 5.41) is 9.31. The fourth-order valence-electron chi connectivity index (χ4n) is 2.67. The number of aryl methyl sites for hydroxylation is 1. The molecule has 5 nitrogen and oxygen atoms in total. The van der Waals surface area contributed by atoms with E-state index in [0.717, 1.165) is 0 Å². The van der Waals surface area contributed by atoms with Gasteiger partial charge in [0.05, 0.1) is 16.0 Å². The van der Waals surface area contributed by atoms with E-state index in [0.29, 0.717) is 12.0 Å². The second-order valence-electron chi connectivity index (χ2n) is 5.71. The maximum absolute atomic E-state index is 12.9. The number of piperidine rings is 1. The molecule has 2 unspecified atom stereocenters. The molecule has 2 atom stereocenters. The highest BCUT2D eigenvalue weighted by Gasteiger charge is 2.38. The van der Waals surface area contributed by atoms with Crippen molar-refractivity contribution in [3.8, 4) is 0 Å². The van der Waals surface area contributed by atoms with Crippen LogP contribution in [0.4, 0.5) is 0 Å². The highest BCUT2D eigenvalue weighted by Crippen LogP contribution is 2.36. The Morgan fingerprint density at radius 3 is 2.55 bits per heavy atom. The molecule has 1 aromatic carbocycles. The maximum atomic E-state index is 12.9. The zero-order valence-electron chi connectivity index (χ0n) is 12.2. The fourth-order valence-corrected chi connectivity index (χ4v) is 5.42. The van der Waals surface area contributed by atoms with E-state index in [4.69, 9.17) is 23.2 Å². The number of carboxylic acids is 1. The Morgan fingerprint density at radius 1 is 1.32 bits per heavy atom. The van der Waals surface area contributed by atoms with Crippen molar-refractivity contribution >= 4 is 39.2 Å². The molecule has 1 saturated heterocycles. The van der Waals surface area contributed by atoms with Crippen LogP contribution < -0.4 is 0 Å². The van der Waals surface area contributed by atoms with Crippen molar-refractivity contribution in [2.75, 3.05) is 13.1 Å². The minimum atomic E-state index is -3.94. The van der Waals surface area contributed by atoms with Gasteiger partial charge in [-0.05, 0) is 30.9 Å². The highest BCUT2D eigenvalue weighted by atomic mass is 35.5. The number of nitrogens with zero attached hydrogens (tertiary/aromatic N) is 1. The van der Waals surface area contributed by atoms with E-state index < -0.39 is 21.9 Å². The Bertz CT molecular complexity index is 705. The third-order valence-corrected chi connectivity index (χ3v) is 6.76. The molecule has 1 aromatic rings. The maximum Gasteiger partial charge on any atom is 0.307 e. The second-order valence-corrected chi connectivity index (χ2v) is 8.37. The summed E-state index contributed by atoms with van der Waals surface area (Å²) in [6, 6.07) is 3.13. The number of carbonyl (C=O) groups is 1. The summed E-state index contributed by atoms with van der Waals surface area (Å²) in [6.45, 7) is 3.71. The normalized spacial score (nSPS) is 23.5. The van der Waals surface area contributed by atoms with Gasteiger partial charge < -0.3 is 5.11 Å². The van der Waals surface area contributed by atoms with Gasteiger partial charge >= 0.3 is 5.97 Å². The number of hydrogen-bond acceptors (Lipinski definition) is 3. The zero-order valence-corrected chi connectivity index (χ0v) is 14.5. The third kappa shape index (κ3) is 3.25. The average molecular weight is 366 g/mol. The standard InChI is InChI=1S/C14H17Cl2NO4S/c1-8-5-10(14(18)19)7-17(6-8)22(20,21)13-11(15)4-3-9(2)12(13)16/h3-4,8,10H,5-7H2,1-2H3,(H,18,19). The van der Waals surface area contributed by atoms with Crippen molar-refractivity contribution in [2.24, 2.45) is 11.8 Å². The molecule has 0 saturated carbocycles. The molecular weight excluding hydrogens is 349 g/mol. The molecule has 8 heteroatoms. The summed E-state index contributed by atoms with van der Waals surface area (Å²) in [6.07, 6.45) is 0.455. The van der Waals surface area contributed by atoms with Gasteiger partial charge in [0.25, 0.3) is 0 Å². The number of rotatable bonds is 3. The van der Waals surface area contributed by atoms with Gasteiger partial charge in [-0.2, -0.15) is 4.31 Å². The molecular formula is C14H17Cl2NO4S. The van der Waals surface area contributed by atoms with Gasteiger partial charge in [-0.25, -0.2) is 8.42 Å². The van der Waals surface area contributed by atoms with Crippen molar-refractivity contribution in [3.05, 3.63) is 27.7 Å². The first-order valence-electron chi connectivity index (χ1n) is 6.82. The SMILES string of the molecule is Cc1ccc(Cl)c(S(=O)(=O)N2CC(C)CC(C(=O)O)C2)c1Cl. The molecule has 0 amide bonds. The number of sulfonamides is 1. The molecule has 0 radical (unpaired) electrons. The summed E-state index contributed by atoms with van der Waals surface area (Å²) in [5.41, 5.74) is 0.601. The molecule has 122 valence electrons. The topological polar surface area (TPSA) is 74.7 Å². The Morgan fingerprint density at radius 2 is 1.95 bits per heavy atom. The van der Waals surface area contributed by atoms with Crippen LogP contribution in [0.3, 0.4) is 0 Å². The van der Waals surface area contributed by atoms with Crippen LogP contribution in [0.2, 0.25) is 10.0 Å². The van der Waals surface area contributed by atoms with Crippen molar-refractivity contribution in [1.29, 1.82) is 0 Å². The molecule has 0 bridgehead atoms. The summed E-state index contributed by atoms with van der Waals surface area (Å²) in [7, 11) is -3.94. The first-order valence-corrected chi connectivity index (χ1v) is 9.01. The Hall–Kier alpha value is -0.820. The molecule has 1 N–H and O–H groups in total. The highest BCUT2D eigenvalue weighted by molar-refractivity contribution is 7.89. The van der Waals surface area contributed by atoms with Crippen LogP contribution in [-0.2, 0) is 14.8 Å². The lowest BCUT2D eigenvalue weighted by Gasteiger charge is -2.34. The van der Waals surface area contributed by atoms with Gasteiger partial charge in [-0.3, -0.25) is 4.79 Å². The summed E-state index contributed by atoms with van der Waals surface area (Å²) in [5.74, 6) is -1.76. The lowest BCUT2D eigenvalue weighted by atomic mass is 9.92. The van der Waals surface area contributed by atoms with Gasteiger partial charge in [0.1, 0.15) is 4.90 Å². The van der Waals surface area contributed by atoms with Gasteiger partial charge in [0.2, 0.25) is 10.0 Å². The van der Waals surface area contributed by atoms with Crippen molar-refractivity contribution in [1.82, 2.24) is 4.31 Å². The van der Waals surface area contributed by atoms with Crippen LogP contribution in [0.25, 0.3) is 0 Å². The Kier molecular flexibility index (Phi) is 5.06. The predicted molar refractivity (Wildman–Crippen MR) is 84.9 cm³/mol. The third-order valence-electron chi connectivity index (χ3n) is 3.82. The monoisotopic (exact) mass is 365 g/mol. The fraction of sp³-hybridized carbons (Fsp3) is 0.500. The molecule has 22 heavy (non-hydrogen) atoms. The van der Waals surface area contributed by atoms with Crippen LogP contribution in [0.1, 0.15) is 18.9 Å². The molecule has 1 aliphatic heterocycles. The van der Waals surface area contributed by atoms with Crippen LogP contribution in [0.5, 0.6) is 0 Å². The van der Waals surface area contributed by atoms with Crippen molar-refractivity contribution in [3.63, 3.8) is 0 Å². The number of halogens is 2. The van der Waals surface area contributed by atoms with E-state index in [-0.39, 0.29) is 33.9 Å². The molecule has 2 rings (SSSR count). The van der Waals surface area contributed by atoms with Gasteiger partial charge in [-0.15, -0.1) is 0 Å². The van der Waals surface area contributed by atoms with Gasteiger partial charge in [0, 0.05) is 13.1 Å². The average Bonchev–Trinajstić information content (AvgIpc) is 2.42. The summed E-state index contributed by atoms with van der Waals surface area (Å²) >= 11 is 12.2. The number of hydrogen-bond donors (Lipinski definition) is 1. The molecule has 1 heterocycles. The molecule has 0 spiro atoms. The van der Waals surface area contributed by atoms with Gasteiger partial charge in [-0.1, -0.05) is 36.2 Å². The zero-order chi connectivity index (χ0) is 16.7. The van der Waals surface area contributed by atoms with Crippen molar-refractivity contribution in [2.45, 2.75) is 25.2 Å². The molecule has 0 aromatic heterocycles. The summed E-state index contributed by atoms with van der Waals surface area (Å²) in [4.78, 5) is 11.1. The minimum absolute atomic E-state index is 0.0423. The Labute approximate surface area is 139 Å². The van der Waals surface area contributed by atoms with E-state index in [9.17, 15) is 18.3 Å². The van der Waals surface area contributed by atoms with E-state index in [2.05, 4.69) is 0 Å². The smallest absolute Gasteiger partial charge is 0.307 e. The number of benzene rings is 1. The van der Waals surface area contributed by atoms with Crippen LogP contribution in [0, 0.1) is 18.8 Å². The van der Waals surface area contributed by atoms with E-state index in [1.165, 1.54) is 10.4 Å². The van der Waals surface area contributed by atoms with E-state index in [1.54, 1.807) is 13.0 Å². The molecule has 1 aliphatic rings. The summed E-state index contributed by atoms with van der Waals surface area (Å²) < 4.78 is 26.9. The molecule has 0 aliphatic carbocycles. The van der Waals surface area contributed by atoms with E-state index in [1.807, 2.05) is 6.92 Å². The van der Waals surface area contributed by atoms with Crippen LogP contribution >= 0.6 is 23.2 Å². The first kappa shape index (κ1) is 17.5. The largest absolute Gasteiger partial charge is 0.481 e.